The van der Waals surface area contributed by atoms with E-state index < -0.39 is 38.3 Å². The van der Waals surface area contributed by atoms with Crippen LogP contribution in [-0.4, -0.2) is 160 Å². The first kappa shape index (κ1) is 74.3. The number of methoxy groups -OCH3 is 4. The van der Waals surface area contributed by atoms with Gasteiger partial charge in [0.2, 0.25) is 0 Å². The Labute approximate surface area is 564 Å². The van der Waals surface area contributed by atoms with Crippen LogP contribution in [0, 0.1) is 0 Å². The zero-order chi connectivity index (χ0) is 67.0. The van der Waals surface area contributed by atoms with Crippen LogP contribution in [0.3, 0.4) is 0 Å². The van der Waals surface area contributed by atoms with Crippen LogP contribution in [0.15, 0.2) is 24.3 Å². The fourth-order valence-corrected chi connectivity index (χ4v) is 25.2. The fourth-order valence-electron chi connectivity index (χ4n) is 11.9. The van der Waals surface area contributed by atoms with E-state index in [4.69, 9.17) is 29.8 Å². The second-order valence-corrected chi connectivity index (χ2v) is 53.0. The number of fused-ring (bicyclic) bond motifs is 4. The lowest BCUT2D eigenvalue weighted by molar-refractivity contribution is 0.0690. The van der Waals surface area contributed by atoms with Gasteiger partial charge in [0.15, 0.2) is 22.6 Å². The number of carboxylic acid groups (broad SMARTS) is 1. The maximum atomic E-state index is 12.4. The largest absolute Gasteiger partial charge is 0.477 e. The highest BCUT2D eigenvalue weighted by atomic mass is 32.2. The average molecular weight is 1430 g/mol. The van der Waals surface area contributed by atoms with Crippen molar-refractivity contribution in [3.63, 3.8) is 0 Å². The Morgan fingerprint density at radius 2 is 0.717 bits per heavy atom. The van der Waals surface area contributed by atoms with Gasteiger partial charge < -0.3 is 65.7 Å². The number of nitrogens with zero attached hydrogens (tertiary/aromatic N) is 4. The SMILES string of the molecule is COc1nc2[nH]c(C(=O)NC3CCC[Si](C)(C)CC3)cc2s1.COc1nc2[nH]c(C(=O)N[C@@H]3CCC[Si](C)(C)CC3)cc2s1.COc1nc2[nH]c(C(=O)N[C@H]3CCC[Si](C)(C)CC3)cc2s1.COc1nc2[nH]c(C(=O)O)cc2s1.CSF.C[Si]1(C)CCCC(N)CC1. The number of carboxylic acids is 1. The zero-order valence-electron chi connectivity index (χ0n) is 55.8. The van der Waals surface area contributed by atoms with E-state index in [0.29, 0.717) is 67.7 Å². The van der Waals surface area contributed by atoms with Gasteiger partial charge in [0, 0.05) is 74.9 Å². The molecule has 0 aromatic carbocycles. The smallest absolute Gasteiger partial charge is 0.352 e. The Balaban J connectivity index is 0.000000165. The summed E-state index contributed by atoms with van der Waals surface area (Å²) >= 11 is 5.89. The first-order valence-corrected chi connectivity index (χ1v) is 49.9. The van der Waals surface area contributed by atoms with Gasteiger partial charge >= 0.3 is 5.97 Å². The van der Waals surface area contributed by atoms with Crippen molar-refractivity contribution in [1.29, 1.82) is 0 Å². The summed E-state index contributed by atoms with van der Waals surface area (Å²) in [5, 5.41) is 20.6. The second kappa shape index (κ2) is 34.0. The Bertz CT molecular complexity index is 3260. The van der Waals surface area contributed by atoms with Crippen molar-refractivity contribution in [2.24, 2.45) is 5.73 Å². The number of carbonyl (C=O) groups is 4. The summed E-state index contributed by atoms with van der Waals surface area (Å²) in [7, 11) is 2.50. The standard InChI is InChI=1S/3C15H23N3O2SSi.C8H19NSi.C7H6N2O3S.CH3FS/c3*1-20-15-18-13-12(21-15)9-11(17-13)14(19)16-10-5-4-7-22(2,3)8-6-10;1-10(2)6-3-4-8(9)5-7-10;1-12-7-9-5-4(13-7)2-3(8-5)6(10)11;1-3-2/h3*9-10,17H,4-8H2,1-3H3,(H,16,19);8H,3-7,9H2,1-2H3;2,8H,1H3,(H,10,11);1H3/t2*10-;;;;/m10..../s1. The molecular formula is C61H97FN12O9S5Si4. The molecule has 12 rings (SSSR count). The molecule has 0 radical (unpaired) electrons. The normalized spacial score (nSPS) is 20.7. The number of aromatic amines is 4. The van der Waals surface area contributed by atoms with E-state index >= 15 is 0 Å². The highest BCUT2D eigenvalue weighted by Crippen LogP contribution is 2.34. The zero-order valence-corrected chi connectivity index (χ0v) is 63.8. The van der Waals surface area contributed by atoms with Gasteiger partial charge in [0.25, 0.3) is 38.5 Å². The third-order valence-electron chi connectivity index (χ3n) is 17.7. The summed E-state index contributed by atoms with van der Waals surface area (Å²) in [5.74, 6) is -1.04. The fraction of sp³-hybridized carbons (Fsp3) is 0.607. The van der Waals surface area contributed by atoms with Crippen LogP contribution >= 0.6 is 57.5 Å². The number of nitrogens with two attached hydrogens (primary N) is 1. The van der Waals surface area contributed by atoms with E-state index in [2.05, 4.69) is 108 Å². The lowest BCUT2D eigenvalue weighted by Crippen LogP contribution is -2.35. The molecule has 3 amide bonds. The first-order chi connectivity index (χ1) is 43.6. The van der Waals surface area contributed by atoms with Gasteiger partial charge in [-0.3, -0.25) is 14.4 Å². The number of rotatable bonds is 11. The number of carbonyl (C=O) groups excluding carboxylic acids is 3. The van der Waals surface area contributed by atoms with Gasteiger partial charge in [-0.1, -0.05) is 172 Å². The third kappa shape index (κ3) is 22.5. The molecule has 8 aromatic heterocycles. The molecule has 0 spiro atoms. The number of hydrogen-bond acceptors (Lipinski definition) is 18. The number of aromatic carboxylic acids is 1. The van der Waals surface area contributed by atoms with Crippen molar-refractivity contribution in [1.82, 2.24) is 55.8 Å². The van der Waals surface area contributed by atoms with E-state index in [1.807, 2.05) is 18.2 Å². The number of H-pyrrole nitrogens is 4. The molecule has 8 aromatic rings. The quantitative estimate of drug-likeness (QED) is 0.0544. The third-order valence-corrected chi connectivity index (χ3v) is 34.9. The van der Waals surface area contributed by atoms with Gasteiger partial charge in [-0.2, -0.15) is 23.8 Å². The molecule has 4 fully saturated rings. The highest BCUT2D eigenvalue weighted by molar-refractivity contribution is 7.93. The van der Waals surface area contributed by atoms with Crippen molar-refractivity contribution < 1.29 is 47.1 Å². The van der Waals surface area contributed by atoms with E-state index in [1.54, 1.807) is 21.3 Å². The van der Waals surface area contributed by atoms with Crippen LogP contribution in [-0.2, 0) is 0 Å². The predicted molar refractivity (Wildman–Crippen MR) is 389 cm³/mol. The van der Waals surface area contributed by atoms with Crippen molar-refractivity contribution in [2.75, 3.05) is 34.7 Å². The molecule has 508 valence electrons. The monoisotopic (exact) mass is 1430 g/mol. The predicted octanol–water partition coefficient (Wildman–Crippen LogP) is 15.6. The molecule has 10 N–H and O–H groups in total. The van der Waals surface area contributed by atoms with E-state index in [0.717, 1.165) is 74.3 Å². The Morgan fingerprint density at radius 3 is 0.978 bits per heavy atom. The molecule has 4 saturated heterocycles. The molecule has 92 heavy (non-hydrogen) atoms. The van der Waals surface area contributed by atoms with E-state index in [-0.39, 0.29) is 35.6 Å². The Hall–Kier alpha value is -5.13. The summed E-state index contributed by atoms with van der Waals surface area (Å²) in [5.41, 5.74) is 10.5. The second-order valence-electron chi connectivity index (χ2n) is 27.4. The van der Waals surface area contributed by atoms with Crippen LogP contribution < -0.4 is 40.6 Å². The summed E-state index contributed by atoms with van der Waals surface area (Å²) in [6.07, 6.45) is 15.7. The Morgan fingerprint density at radius 1 is 0.467 bits per heavy atom. The van der Waals surface area contributed by atoms with E-state index in [1.165, 1.54) is 152 Å². The molecule has 4 aliphatic rings. The van der Waals surface area contributed by atoms with Crippen molar-refractivity contribution >= 4 is 155 Å². The van der Waals surface area contributed by atoms with Gasteiger partial charge in [-0.05, 0) is 75.6 Å². The Kier molecular flexibility index (Phi) is 27.4. The van der Waals surface area contributed by atoms with Crippen LogP contribution in [0.1, 0.15) is 119 Å². The molecular weight excluding hydrogens is 1340 g/mol. The molecule has 0 saturated carbocycles. The van der Waals surface area contributed by atoms with Gasteiger partial charge in [0.05, 0.1) is 47.2 Å². The minimum Gasteiger partial charge on any atom is -0.477 e. The number of aromatic nitrogens is 8. The van der Waals surface area contributed by atoms with Crippen LogP contribution in [0.25, 0.3) is 41.4 Å². The van der Waals surface area contributed by atoms with Crippen molar-refractivity contribution in [2.45, 2.75) is 202 Å². The lowest BCUT2D eigenvalue weighted by atomic mass is 10.1. The summed E-state index contributed by atoms with van der Waals surface area (Å²) in [4.78, 5) is 76.6. The number of halogens is 1. The first-order valence-electron chi connectivity index (χ1n) is 31.8. The molecule has 0 bridgehead atoms. The molecule has 31 heteroatoms. The average Bonchev–Trinajstić information content (AvgIpc) is 1.71. The van der Waals surface area contributed by atoms with E-state index in [9.17, 15) is 23.1 Å². The topological polar surface area (TPSA) is 302 Å². The van der Waals surface area contributed by atoms with Crippen LogP contribution in [0.2, 0.25) is 101 Å². The molecule has 4 aliphatic heterocycles. The number of thiazole rings is 4. The van der Waals surface area contributed by atoms with Gasteiger partial charge in [-0.25, -0.2) is 4.79 Å². The minimum absolute atomic E-state index is 0.0180. The summed E-state index contributed by atoms with van der Waals surface area (Å²) in [6, 6.07) is 19.6. The number of nitrogens with one attached hydrogen (secondary N) is 7. The number of hydrogen-bond donors (Lipinski definition) is 9. The van der Waals surface area contributed by atoms with Gasteiger partial charge in [-0.15, -0.1) is 0 Å². The lowest BCUT2D eigenvalue weighted by Gasteiger charge is -2.19. The summed E-state index contributed by atoms with van der Waals surface area (Å²) in [6.45, 7) is 19.7. The van der Waals surface area contributed by atoms with Crippen LogP contribution in [0.4, 0.5) is 3.89 Å². The molecule has 2 unspecified atom stereocenters. The van der Waals surface area contributed by atoms with Crippen LogP contribution in [0.5, 0.6) is 20.8 Å². The highest BCUT2D eigenvalue weighted by Gasteiger charge is 2.31. The molecule has 0 aliphatic carbocycles. The summed E-state index contributed by atoms with van der Waals surface area (Å²) < 4.78 is 34.1. The van der Waals surface area contributed by atoms with Crippen molar-refractivity contribution in [3.05, 3.63) is 47.0 Å². The number of amides is 3. The maximum absolute atomic E-state index is 12.4. The molecule has 4 atom stereocenters. The van der Waals surface area contributed by atoms with Gasteiger partial charge in [0.1, 0.15) is 22.8 Å². The number of ether oxygens (including phenoxy) is 4. The molecule has 21 nitrogen and oxygen atoms in total. The molecule has 12 heterocycles. The van der Waals surface area contributed by atoms with Crippen molar-refractivity contribution in [3.8, 4) is 20.8 Å². The maximum Gasteiger partial charge on any atom is 0.352 e. The minimum atomic E-state index is -1.02.